The van der Waals surface area contributed by atoms with Crippen molar-refractivity contribution in [2.24, 2.45) is 11.3 Å². The third kappa shape index (κ3) is 6.84. The Balaban J connectivity index is 1.40. The van der Waals surface area contributed by atoms with E-state index in [1.165, 1.54) is 0 Å². The van der Waals surface area contributed by atoms with Crippen molar-refractivity contribution in [3.8, 4) is 5.75 Å². The number of ether oxygens (including phenoxy) is 2. The number of hydrazine groups is 1. The van der Waals surface area contributed by atoms with Gasteiger partial charge in [-0.25, -0.2) is 4.79 Å². The molecule has 2 aliphatic rings. The van der Waals surface area contributed by atoms with Gasteiger partial charge in [0, 0.05) is 5.02 Å². The number of nitrogens with one attached hydrogen (secondary N) is 3. The van der Waals surface area contributed by atoms with Gasteiger partial charge in [0.15, 0.2) is 13.2 Å². The molecule has 0 bridgehead atoms. The van der Waals surface area contributed by atoms with Crippen LogP contribution in [0.1, 0.15) is 40.0 Å². The number of imide groups is 1. The molecule has 190 valence electrons. The van der Waals surface area contributed by atoms with E-state index in [4.69, 9.17) is 21.1 Å². The van der Waals surface area contributed by atoms with Crippen molar-refractivity contribution in [2.45, 2.75) is 45.6 Å². The highest BCUT2D eigenvalue weighted by Crippen LogP contribution is 2.46. The molecular formula is C23H29ClN4O7. The Hall–Kier alpha value is -3.34. The molecule has 2 fully saturated rings. The van der Waals surface area contributed by atoms with Gasteiger partial charge in [-0.1, -0.05) is 32.4 Å². The van der Waals surface area contributed by atoms with Crippen molar-refractivity contribution < 1.29 is 33.4 Å². The van der Waals surface area contributed by atoms with Crippen molar-refractivity contribution in [1.82, 2.24) is 21.1 Å². The summed E-state index contributed by atoms with van der Waals surface area (Å²) in [6.07, 6.45) is 1.90. The highest BCUT2D eigenvalue weighted by molar-refractivity contribution is 6.30. The standard InChI is InChI=1S/C23H29ClN4O7/c1-14-8-22(2,3)13-23(9-14)20(32)28(21(33)25-23)10-19(31)35-12-18(30)27-26-17(29)11-34-16-6-4-15(24)5-7-16/h4-7,14H,8-13H2,1-3H3,(H,25,33)(H,26,29)(H,27,30)/t14-,23-/m1/s1. The van der Waals surface area contributed by atoms with Gasteiger partial charge in [0.2, 0.25) is 0 Å². The molecule has 3 N–H and O–H groups in total. The highest BCUT2D eigenvalue weighted by atomic mass is 35.5. The van der Waals surface area contributed by atoms with E-state index in [2.05, 4.69) is 16.2 Å². The number of nitrogens with zero attached hydrogens (tertiary/aromatic N) is 1. The maximum atomic E-state index is 13.0. The zero-order valence-corrected chi connectivity index (χ0v) is 20.6. The van der Waals surface area contributed by atoms with Crippen LogP contribution in [0.15, 0.2) is 24.3 Å². The van der Waals surface area contributed by atoms with Crippen LogP contribution in [-0.2, 0) is 23.9 Å². The van der Waals surface area contributed by atoms with Crippen LogP contribution in [0.5, 0.6) is 5.75 Å². The lowest BCUT2D eigenvalue weighted by Gasteiger charge is -2.43. The van der Waals surface area contributed by atoms with Crippen molar-refractivity contribution in [2.75, 3.05) is 19.8 Å². The predicted molar refractivity (Wildman–Crippen MR) is 124 cm³/mol. The second kappa shape index (κ2) is 10.5. The maximum absolute atomic E-state index is 13.0. The number of carbonyl (C=O) groups excluding carboxylic acids is 5. The Morgan fingerprint density at radius 1 is 1.09 bits per heavy atom. The second-order valence-corrected chi connectivity index (χ2v) is 10.2. The Bertz CT molecular complexity index is 1010. The minimum atomic E-state index is -1.03. The van der Waals surface area contributed by atoms with E-state index in [0.717, 1.165) is 11.3 Å². The van der Waals surface area contributed by atoms with Gasteiger partial charge in [-0.15, -0.1) is 0 Å². The monoisotopic (exact) mass is 508 g/mol. The van der Waals surface area contributed by atoms with Crippen LogP contribution in [0, 0.1) is 11.3 Å². The van der Waals surface area contributed by atoms with Crippen molar-refractivity contribution >= 4 is 41.3 Å². The first kappa shape index (κ1) is 26.3. The summed E-state index contributed by atoms with van der Waals surface area (Å²) in [5.41, 5.74) is 3.02. The fraction of sp³-hybridized carbons (Fsp3) is 0.522. The van der Waals surface area contributed by atoms with Crippen LogP contribution in [0.25, 0.3) is 0 Å². The average molecular weight is 509 g/mol. The highest BCUT2D eigenvalue weighted by Gasteiger charge is 2.56. The minimum Gasteiger partial charge on any atom is -0.484 e. The molecule has 0 unspecified atom stereocenters. The third-order valence-corrected chi connectivity index (χ3v) is 6.05. The molecule has 12 heteroatoms. The van der Waals surface area contributed by atoms with E-state index in [9.17, 15) is 24.0 Å². The Morgan fingerprint density at radius 3 is 2.34 bits per heavy atom. The molecule has 1 aliphatic carbocycles. The molecule has 5 amide bonds. The van der Waals surface area contributed by atoms with Crippen molar-refractivity contribution in [3.63, 3.8) is 0 Å². The summed E-state index contributed by atoms with van der Waals surface area (Å²) in [5, 5.41) is 3.29. The fourth-order valence-electron chi connectivity index (χ4n) is 4.86. The molecule has 1 aromatic carbocycles. The van der Waals surface area contributed by atoms with Crippen LogP contribution < -0.4 is 20.9 Å². The quantitative estimate of drug-likeness (QED) is 0.288. The SMILES string of the molecule is C[C@@H]1CC(C)(C)C[C@@]2(C1)NC(=O)N(CC(=O)OCC(=O)NNC(=O)COc1ccc(Cl)cc1)C2=O. The number of halogens is 1. The van der Waals surface area contributed by atoms with E-state index in [1.807, 2.05) is 20.8 Å². The smallest absolute Gasteiger partial charge is 0.326 e. The summed E-state index contributed by atoms with van der Waals surface area (Å²) in [4.78, 5) is 62.1. The Morgan fingerprint density at radius 2 is 1.71 bits per heavy atom. The lowest BCUT2D eigenvalue weighted by Crippen LogP contribution is -2.54. The molecule has 1 aromatic rings. The first-order valence-electron chi connectivity index (χ1n) is 11.1. The number of benzene rings is 1. The van der Waals surface area contributed by atoms with E-state index in [0.29, 0.717) is 23.6 Å². The first-order chi connectivity index (χ1) is 16.4. The van der Waals surface area contributed by atoms with Gasteiger partial charge < -0.3 is 14.8 Å². The molecule has 1 heterocycles. The number of rotatable bonds is 7. The summed E-state index contributed by atoms with van der Waals surface area (Å²) in [5.74, 6) is -2.20. The molecule has 1 saturated heterocycles. The molecule has 3 rings (SSSR count). The van der Waals surface area contributed by atoms with Crippen LogP contribution in [0.3, 0.4) is 0 Å². The molecular weight excluding hydrogens is 480 g/mol. The van der Waals surface area contributed by atoms with Gasteiger partial charge >= 0.3 is 12.0 Å². The molecule has 2 atom stereocenters. The number of hydrogen-bond acceptors (Lipinski definition) is 7. The van der Waals surface area contributed by atoms with E-state index < -0.39 is 48.4 Å². The third-order valence-electron chi connectivity index (χ3n) is 5.80. The van der Waals surface area contributed by atoms with E-state index >= 15 is 0 Å². The largest absolute Gasteiger partial charge is 0.484 e. The van der Waals surface area contributed by atoms with E-state index in [1.54, 1.807) is 24.3 Å². The molecule has 1 spiro atoms. The van der Waals surface area contributed by atoms with Crippen LogP contribution in [0.2, 0.25) is 5.02 Å². The molecule has 11 nitrogen and oxygen atoms in total. The topological polar surface area (TPSA) is 143 Å². The zero-order chi connectivity index (χ0) is 25.8. The summed E-state index contributed by atoms with van der Waals surface area (Å²) in [7, 11) is 0. The van der Waals surface area contributed by atoms with Gasteiger partial charge in [0.05, 0.1) is 0 Å². The summed E-state index contributed by atoms with van der Waals surface area (Å²) in [6, 6.07) is 5.70. The van der Waals surface area contributed by atoms with Crippen LogP contribution in [-0.4, -0.2) is 59.9 Å². The summed E-state index contributed by atoms with van der Waals surface area (Å²) in [6.45, 7) is 4.42. The minimum absolute atomic E-state index is 0.139. The van der Waals surface area contributed by atoms with Gasteiger partial charge in [0.25, 0.3) is 17.7 Å². The number of hydrogen-bond donors (Lipinski definition) is 3. The Kier molecular flexibility index (Phi) is 7.89. The second-order valence-electron chi connectivity index (χ2n) is 9.76. The molecule has 0 aromatic heterocycles. The lowest BCUT2D eigenvalue weighted by atomic mass is 9.64. The summed E-state index contributed by atoms with van der Waals surface area (Å²) >= 11 is 5.76. The molecule has 1 aliphatic heterocycles. The summed E-state index contributed by atoms with van der Waals surface area (Å²) < 4.78 is 10.1. The molecule has 0 radical (unpaired) electrons. The molecule has 35 heavy (non-hydrogen) atoms. The van der Waals surface area contributed by atoms with E-state index in [-0.39, 0.29) is 17.9 Å². The van der Waals surface area contributed by atoms with Crippen molar-refractivity contribution in [1.29, 1.82) is 0 Å². The number of amides is 5. The maximum Gasteiger partial charge on any atom is 0.326 e. The Labute approximate surface area is 207 Å². The van der Waals surface area contributed by atoms with Gasteiger partial charge in [-0.2, -0.15) is 0 Å². The van der Waals surface area contributed by atoms with Crippen LogP contribution in [0.4, 0.5) is 4.79 Å². The normalized spacial score (nSPS) is 23.0. The van der Waals surface area contributed by atoms with Gasteiger partial charge in [-0.3, -0.25) is 34.9 Å². The zero-order valence-electron chi connectivity index (χ0n) is 19.8. The number of urea groups is 1. The number of esters is 1. The lowest BCUT2D eigenvalue weighted by molar-refractivity contribution is -0.152. The first-order valence-corrected chi connectivity index (χ1v) is 11.5. The van der Waals surface area contributed by atoms with Gasteiger partial charge in [-0.05, 0) is 54.9 Å². The van der Waals surface area contributed by atoms with Gasteiger partial charge in [0.1, 0.15) is 17.8 Å². The predicted octanol–water partition coefficient (Wildman–Crippen LogP) is 1.55. The molecule has 1 saturated carbocycles. The number of carbonyl (C=O) groups is 5. The fourth-order valence-corrected chi connectivity index (χ4v) is 4.99. The van der Waals surface area contributed by atoms with Crippen molar-refractivity contribution in [3.05, 3.63) is 29.3 Å². The average Bonchev–Trinajstić information content (AvgIpc) is 2.97. The van der Waals surface area contributed by atoms with Crippen LogP contribution >= 0.6 is 11.6 Å².